The van der Waals surface area contributed by atoms with Gasteiger partial charge in [-0.3, -0.25) is 4.55 Å². The molecule has 9 heteroatoms. The Kier molecular flexibility index (Phi) is 6.67. The standard InChI is InChI=1S/C10H10O7S.Na.H/c1-2-17-10(13)7-5-3-4-6(9(11)12)8(7)18(14,15)16;;/h3-5H,2H2,1H3,(H,11,12)(H,14,15,16);;. The van der Waals surface area contributed by atoms with Crippen LogP contribution in [0.25, 0.3) is 0 Å². The molecule has 0 radical (unpaired) electrons. The van der Waals surface area contributed by atoms with Gasteiger partial charge in [-0.25, -0.2) is 9.59 Å². The van der Waals surface area contributed by atoms with Crippen molar-refractivity contribution in [1.29, 1.82) is 0 Å². The van der Waals surface area contributed by atoms with E-state index >= 15 is 0 Å². The van der Waals surface area contributed by atoms with Gasteiger partial charge < -0.3 is 9.84 Å². The van der Waals surface area contributed by atoms with Gasteiger partial charge in [0.2, 0.25) is 0 Å². The van der Waals surface area contributed by atoms with E-state index in [1.165, 1.54) is 13.0 Å². The Labute approximate surface area is 131 Å². The molecule has 0 fully saturated rings. The van der Waals surface area contributed by atoms with Gasteiger partial charge in [0.05, 0.1) is 17.7 Å². The molecule has 1 aromatic carbocycles. The normalized spacial score (nSPS) is 10.4. The number of hydrogen-bond donors (Lipinski definition) is 2. The summed E-state index contributed by atoms with van der Waals surface area (Å²) in [6.45, 7) is 1.49. The van der Waals surface area contributed by atoms with Gasteiger partial charge in [0, 0.05) is 0 Å². The molecule has 0 spiro atoms. The second kappa shape index (κ2) is 7.01. The van der Waals surface area contributed by atoms with Crippen LogP contribution in [0.5, 0.6) is 0 Å². The molecule has 0 amide bonds. The van der Waals surface area contributed by atoms with Crippen LogP contribution in [0.2, 0.25) is 0 Å². The van der Waals surface area contributed by atoms with Crippen molar-refractivity contribution in [3.8, 4) is 0 Å². The minimum atomic E-state index is -4.85. The SMILES string of the molecule is CCOC(=O)c1cccc(C(=O)O)c1S(=O)(=O)O.[NaH]. The van der Waals surface area contributed by atoms with Gasteiger partial charge in [-0.1, -0.05) is 6.07 Å². The molecule has 0 atom stereocenters. The molecule has 0 heterocycles. The number of hydrogen-bond acceptors (Lipinski definition) is 5. The number of carboxylic acids is 1. The maximum absolute atomic E-state index is 11.5. The van der Waals surface area contributed by atoms with Crippen molar-refractivity contribution in [1.82, 2.24) is 0 Å². The Morgan fingerprint density at radius 1 is 1.26 bits per heavy atom. The molecule has 100 valence electrons. The van der Waals surface area contributed by atoms with Crippen molar-refractivity contribution in [2.45, 2.75) is 11.8 Å². The van der Waals surface area contributed by atoms with Gasteiger partial charge in [0.25, 0.3) is 10.1 Å². The number of esters is 1. The summed E-state index contributed by atoms with van der Waals surface area (Å²) >= 11 is 0. The Balaban J connectivity index is 0.00000324. The fourth-order valence-electron chi connectivity index (χ4n) is 1.35. The first kappa shape index (κ1) is 18.1. The topological polar surface area (TPSA) is 118 Å². The average molecular weight is 298 g/mol. The molecule has 0 aromatic heterocycles. The number of rotatable bonds is 4. The molecular formula is C10H11NaO7S. The molecule has 0 unspecified atom stereocenters. The molecule has 0 aliphatic rings. The van der Waals surface area contributed by atoms with E-state index in [9.17, 15) is 18.0 Å². The zero-order chi connectivity index (χ0) is 13.9. The average Bonchev–Trinajstić information content (AvgIpc) is 2.27. The summed E-state index contributed by atoms with van der Waals surface area (Å²) in [6, 6.07) is 3.21. The van der Waals surface area contributed by atoms with Gasteiger partial charge in [-0.05, 0) is 19.1 Å². The van der Waals surface area contributed by atoms with Crippen LogP contribution in [-0.4, -0.2) is 66.2 Å². The van der Waals surface area contributed by atoms with Gasteiger partial charge >= 0.3 is 41.5 Å². The Hall–Kier alpha value is -0.930. The molecule has 1 aromatic rings. The minimum absolute atomic E-state index is 0. The van der Waals surface area contributed by atoms with Crippen LogP contribution in [-0.2, 0) is 14.9 Å². The molecule has 0 aliphatic heterocycles. The van der Waals surface area contributed by atoms with Gasteiger partial charge in [-0.15, -0.1) is 0 Å². The van der Waals surface area contributed by atoms with E-state index in [-0.39, 0.29) is 36.2 Å². The van der Waals surface area contributed by atoms with Crippen LogP contribution >= 0.6 is 0 Å². The molecular weight excluding hydrogens is 287 g/mol. The molecule has 0 bridgehead atoms. The second-order valence-electron chi connectivity index (χ2n) is 3.18. The first-order chi connectivity index (χ1) is 8.29. The van der Waals surface area contributed by atoms with Crippen LogP contribution in [0.1, 0.15) is 27.6 Å². The summed E-state index contributed by atoms with van der Waals surface area (Å²) in [4.78, 5) is 21.4. The predicted molar refractivity (Wildman–Crippen MR) is 66.3 cm³/mol. The van der Waals surface area contributed by atoms with E-state index in [1.54, 1.807) is 0 Å². The van der Waals surface area contributed by atoms with Gasteiger partial charge in [0.1, 0.15) is 4.90 Å². The third-order valence-corrected chi connectivity index (χ3v) is 2.95. The van der Waals surface area contributed by atoms with Crippen LogP contribution in [0, 0.1) is 0 Å². The monoisotopic (exact) mass is 298 g/mol. The fourth-order valence-corrected chi connectivity index (χ4v) is 2.22. The van der Waals surface area contributed by atoms with E-state index in [1.807, 2.05) is 0 Å². The summed E-state index contributed by atoms with van der Waals surface area (Å²) in [6.07, 6.45) is 0. The zero-order valence-corrected chi connectivity index (χ0v) is 10.1. The van der Waals surface area contributed by atoms with Crippen molar-refractivity contribution in [3.05, 3.63) is 29.3 Å². The summed E-state index contributed by atoms with van der Waals surface area (Å²) in [5, 5.41) is 8.84. The van der Waals surface area contributed by atoms with Crippen molar-refractivity contribution < 1.29 is 32.4 Å². The van der Waals surface area contributed by atoms with E-state index < -0.39 is 38.1 Å². The Bertz CT molecular complexity index is 594. The first-order valence-electron chi connectivity index (χ1n) is 4.80. The fraction of sp³-hybridized carbons (Fsp3) is 0.200. The molecule has 0 aliphatic carbocycles. The predicted octanol–water partition coefficient (Wildman–Crippen LogP) is 0.160. The van der Waals surface area contributed by atoms with Crippen LogP contribution in [0.4, 0.5) is 0 Å². The summed E-state index contributed by atoms with van der Waals surface area (Å²) in [5.74, 6) is -2.60. The third-order valence-electron chi connectivity index (χ3n) is 2.00. The van der Waals surface area contributed by atoms with Crippen molar-refractivity contribution in [2.75, 3.05) is 6.61 Å². The molecule has 1 rings (SSSR count). The summed E-state index contributed by atoms with van der Waals surface area (Å²) in [7, 11) is -4.85. The Morgan fingerprint density at radius 3 is 2.21 bits per heavy atom. The first-order valence-corrected chi connectivity index (χ1v) is 6.24. The number of carboxylic acid groups (broad SMARTS) is 1. The Morgan fingerprint density at radius 2 is 1.79 bits per heavy atom. The van der Waals surface area contributed by atoms with Gasteiger partial charge in [-0.2, -0.15) is 8.42 Å². The molecule has 7 nitrogen and oxygen atoms in total. The summed E-state index contributed by atoms with van der Waals surface area (Å²) in [5.41, 5.74) is -1.21. The second-order valence-corrected chi connectivity index (χ2v) is 4.54. The van der Waals surface area contributed by atoms with Crippen LogP contribution in [0.3, 0.4) is 0 Å². The molecule has 0 saturated carbocycles. The van der Waals surface area contributed by atoms with Crippen molar-refractivity contribution in [2.24, 2.45) is 0 Å². The van der Waals surface area contributed by atoms with E-state index in [4.69, 9.17) is 9.66 Å². The van der Waals surface area contributed by atoms with Crippen LogP contribution < -0.4 is 0 Å². The van der Waals surface area contributed by atoms with Crippen LogP contribution in [0.15, 0.2) is 23.1 Å². The quantitative estimate of drug-likeness (QED) is 0.461. The number of benzene rings is 1. The van der Waals surface area contributed by atoms with E-state index in [0.717, 1.165) is 12.1 Å². The third kappa shape index (κ3) is 4.29. The molecule has 2 N–H and O–H groups in total. The molecule has 19 heavy (non-hydrogen) atoms. The number of carbonyl (C=O) groups excluding carboxylic acids is 1. The van der Waals surface area contributed by atoms with Crippen molar-refractivity contribution in [3.63, 3.8) is 0 Å². The maximum atomic E-state index is 11.5. The van der Waals surface area contributed by atoms with Gasteiger partial charge in [0.15, 0.2) is 0 Å². The molecule has 0 saturated heterocycles. The van der Waals surface area contributed by atoms with E-state index in [0.29, 0.717) is 0 Å². The number of aromatic carboxylic acids is 1. The summed E-state index contributed by atoms with van der Waals surface area (Å²) < 4.78 is 36.0. The number of carbonyl (C=O) groups is 2. The van der Waals surface area contributed by atoms with E-state index in [2.05, 4.69) is 4.74 Å². The van der Waals surface area contributed by atoms with Crippen molar-refractivity contribution >= 4 is 51.6 Å². The zero-order valence-electron chi connectivity index (χ0n) is 9.28. The number of ether oxygens (including phenoxy) is 1.